The molecule has 0 aliphatic heterocycles. The number of nitrogens with one attached hydrogen (secondary N) is 1. The Morgan fingerprint density at radius 3 is 2.54 bits per heavy atom. The van der Waals surface area contributed by atoms with Crippen LogP contribution >= 0.6 is 0 Å². The Labute approximate surface area is 152 Å². The summed E-state index contributed by atoms with van der Waals surface area (Å²) in [5, 5.41) is 12.4. The standard InChI is InChI=1S/C20H20N4O2/c1-24(14-15-7-3-2-4-8-15)19-16(9-5-12-22-19)13-23-18-17(20(25)26)10-6-11-21-18/h2-12H,13-14H2,1H3,(H,21,23)(H,25,26). The van der Waals surface area contributed by atoms with E-state index in [2.05, 4.69) is 32.3 Å². The Bertz CT molecular complexity index is 884. The van der Waals surface area contributed by atoms with Crippen LogP contribution in [-0.2, 0) is 13.1 Å². The molecule has 132 valence electrons. The largest absolute Gasteiger partial charge is 0.478 e. The lowest BCUT2D eigenvalue weighted by molar-refractivity contribution is 0.0697. The second-order valence-electron chi connectivity index (χ2n) is 5.89. The van der Waals surface area contributed by atoms with Crippen molar-refractivity contribution in [1.82, 2.24) is 9.97 Å². The van der Waals surface area contributed by atoms with E-state index in [0.29, 0.717) is 12.4 Å². The van der Waals surface area contributed by atoms with E-state index in [1.165, 1.54) is 11.6 Å². The third-order valence-electron chi connectivity index (χ3n) is 3.98. The molecule has 6 heteroatoms. The van der Waals surface area contributed by atoms with E-state index in [0.717, 1.165) is 17.9 Å². The first-order valence-electron chi connectivity index (χ1n) is 8.26. The number of aromatic nitrogens is 2. The van der Waals surface area contributed by atoms with E-state index in [9.17, 15) is 9.90 Å². The topological polar surface area (TPSA) is 78.4 Å². The molecule has 6 nitrogen and oxygen atoms in total. The van der Waals surface area contributed by atoms with Gasteiger partial charge in [0.25, 0.3) is 0 Å². The quantitative estimate of drug-likeness (QED) is 0.681. The van der Waals surface area contributed by atoms with Gasteiger partial charge in [-0.15, -0.1) is 0 Å². The molecule has 2 heterocycles. The van der Waals surface area contributed by atoms with Gasteiger partial charge in [-0.2, -0.15) is 0 Å². The van der Waals surface area contributed by atoms with Crippen molar-refractivity contribution in [1.29, 1.82) is 0 Å². The number of hydrogen-bond donors (Lipinski definition) is 2. The van der Waals surface area contributed by atoms with E-state index < -0.39 is 5.97 Å². The molecule has 0 atom stereocenters. The van der Waals surface area contributed by atoms with E-state index in [1.54, 1.807) is 18.5 Å². The highest BCUT2D eigenvalue weighted by molar-refractivity contribution is 5.92. The lowest BCUT2D eigenvalue weighted by Gasteiger charge is -2.21. The Morgan fingerprint density at radius 2 is 1.77 bits per heavy atom. The first-order chi connectivity index (χ1) is 12.6. The van der Waals surface area contributed by atoms with Crippen molar-refractivity contribution >= 4 is 17.6 Å². The Morgan fingerprint density at radius 1 is 1.04 bits per heavy atom. The SMILES string of the molecule is CN(Cc1ccccc1)c1ncccc1CNc1ncccc1C(=O)O. The van der Waals surface area contributed by atoms with E-state index >= 15 is 0 Å². The van der Waals surface area contributed by atoms with Crippen LogP contribution < -0.4 is 10.2 Å². The molecular weight excluding hydrogens is 328 g/mol. The van der Waals surface area contributed by atoms with Gasteiger partial charge in [0.2, 0.25) is 0 Å². The summed E-state index contributed by atoms with van der Waals surface area (Å²) in [5.74, 6) is 0.186. The van der Waals surface area contributed by atoms with Gasteiger partial charge in [-0.25, -0.2) is 14.8 Å². The molecule has 0 saturated carbocycles. The Hall–Kier alpha value is -3.41. The van der Waals surface area contributed by atoms with Gasteiger partial charge in [0, 0.05) is 38.1 Å². The van der Waals surface area contributed by atoms with Gasteiger partial charge in [0.05, 0.1) is 0 Å². The minimum atomic E-state index is -1.01. The van der Waals surface area contributed by atoms with Crippen LogP contribution in [0.25, 0.3) is 0 Å². The summed E-state index contributed by atoms with van der Waals surface area (Å²) >= 11 is 0. The maximum Gasteiger partial charge on any atom is 0.339 e. The molecule has 0 aliphatic rings. The van der Waals surface area contributed by atoms with Crippen LogP contribution in [0.15, 0.2) is 67.0 Å². The normalized spacial score (nSPS) is 10.3. The molecule has 0 bridgehead atoms. The second-order valence-corrected chi connectivity index (χ2v) is 5.89. The van der Waals surface area contributed by atoms with Gasteiger partial charge in [-0.1, -0.05) is 36.4 Å². The number of aromatic carboxylic acids is 1. The average molecular weight is 348 g/mol. The minimum absolute atomic E-state index is 0.149. The number of carbonyl (C=O) groups is 1. The summed E-state index contributed by atoms with van der Waals surface area (Å²) < 4.78 is 0. The van der Waals surface area contributed by atoms with Crippen molar-refractivity contribution in [2.24, 2.45) is 0 Å². The molecule has 0 aliphatic carbocycles. The van der Waals surface area contributed by atoms with Crippen molar-refractivity contribution in [2.75, 3.05) is 17.3 Å². The highest BCUT2D eigenvalue weighted by Crippen LogP contribution is 2.20. The van der Waals surface area contributed by atoms with E-state index in [-0.39, 0.29) is 5.56 Å². The van der Waals surface area contributed by atoms with Crippen molar-refractivity contribution in [3.8, 4) is 0 Å². The molecule has 0 amide bonds. The fourth-order valence-corrected chi connectivity index (χ4v) is 2.74. The zero-order valence-corrected chi connectivity index (χ0v) is 14.5. The van der Waals surface area contributed by atoms with Gasteiger partial charge in [0.1, 0.15) is 17.2 Å². The number of pyridine rings is 2. The molecule has 2 N–H and O–H groups in total. The van der Waals surface area contributed by atoms with Crippen LogP contribution in [0.3, 0.4) is 0 Å². The van der Waals surface area contributed by atoms with Crippen molar-refractivity contribution in [3.05, 3.63) is 83.7 Å². The van der Waals surface area contributed by atoms with Crippen molar-refractivity contribution in [2.45, 2.75) is 13.1 Å². The van der Waals surface area contributed by atoms with Gasteiger partial charge in [0.15, 0.2) is 0 Å². The highest BCUT2D eigenvalue weighted by Gasteiger charge is 2.13. The maximum absolute atomic E-state index is 11.3. The molecular formula is C20H20N4O2. The lowest BCUT2D eigenvalue weighted by atomic mass is 10.2. The third kappa shape index (κ3) is 4.16. The molecule has 0 unspecified atom stereocenters. The predicted octanol–water partition coefficient (Wildman–Crippen LogP) is 3.42. The zero-order chi connectivity index (χ0) is 18.4. The highest BCUT2D eigenvalue weighted by atomic mass is 16.4. The lowest BCUT2D eigenvalue weighted by Crippen LogP contribution is -2.20. The van der Waals surface area contributed by atoms with Crippen LogP contribution in [0.4, 0.5) is 11.6 Å². The first kappa shape index (κ1) is 17.4. The van der Waals surface area contributed by atoms with Crippen LogP contribution in [0, 0.1) is 0 Å². The third-order valence-corrected chi connectivity index (χ3v) is 3.98. The number of carboxylic acid groups (broad SMARTS) is 1. The van der Waals surface area contributed by atoms with Crippen LogP contribution in [0.5, 0.6) is 0 Å². The number of carboxylic acids is 1. The van der Waals surface area contributed by atoms with Gasteiger partial charge >= 0.3 is 5.97 Å². The number of nitrogens with zero attached hydrogens (tertiary/aromatic N) is 3. The smallest absolute Gasteiger partial charge is 0.339 e. The molecule has 3 aromatic rings. The van der Waals surface area contributed by atoms with Crippen LogP contribution in [0.2, 0.25) is 0 Å². The summed E-state index contributed by atoms with van der Waals surface area (Å²) in [6, 6.07) is 17.1. The number of rotatable bonds is 7. The Balaban J connectivity index is 1.76. The summed E-state index contributed by atoms with van der Waals surface area (Å²) in [7, 11) is 1.99. The van der Waals surface area contributed by atoms with Gasteiger partial charge in [-0.05, 0) is 23.8 Å². The fourth-order valence-electron chi connectivity index (χ4n) is 2.74. The number of benzene rings is 1. The Kier molecular flexibility index (Phi) is 5.43. The monoisotopic (exact) mass is 348 g/mol. The molecule has 3 rings (SSSR count). The summed E-state index contributed by atoms with van der Waals surface area (Å²) in [6.07, 6.45) is 3.32. The molecule has 0 saturated heterocycles. The average Bonchev–Trinajstić information content (AvgIpc) is 2.67. The fraction of sp³-hybridized carbons (Fsp3) is 0.150. The first-order valence-corrected chi connectivity index (χ1v) is 8.26. The van der Waals surface area contributed by atoms with Crippen LogP contribution in [-0.4, -0.2) is 28.1 Å². The van der Waals surface area contributed by atoms with Gasteiger partial charge in [-0.3, -0.25) is 0 Å². The molecule has 1 aromatic carbocycles. The molecule has 0 fully saturated rings. The second kappa shape index (κ2) is 8.11. The van der Waals surface area contributed by atoms with Crippen molar-refractivity contribution in [3.63, 3.8) is 0 Å². The van der Waals surface area contributed by atoms with Crippen LogP contribution in [0.1, 0.15) is 21.5 Å². The predicted molar refractivity (Wildman–Crippen MR) is 101 cm³/mol. The molecule has 2 aromatic heterocycles. The summed E-state index contributed by atoms with van der Waals surface area (Å²) in [6.45, 7) is 1.16. The maximum atomic E-state index is 11.3. The van der Waals surface area contributed by atoms with E-state index in [1.807, 2.05) is 37.4 Å². The van der Waals surface area contributed by atoms with E-state index in [4.69, 9.17) is 0 Å². The molecule has 0 radical (unpaired) electrons. The zero-order valence-electron chi connectivity index (χ0n) is 14.5. The number of anilines is 2. The summed E-state index contributed by atoms with van der Waals surface area (Å²) in [5.41, 5.74) is 2.31. The molecule has 0 spiro atoms. The number of hydrogen-bond acceptors (Lipinski definition) is 5. The van der Waals surface area contributed by atoms with Gasteiger partial charge < -0.3 is 15.3 Å². The summed E-state index contributed by atoms with van der Waals surface area (Å²) in [4.78, 5) is 22.0. The molecule has 26 heavy (non-hydrogen) atoms. The minimum Gasteiger partial charge on any atom is -0.478 e. The van der Waals surface area contributed by atoms with Crippen molar-refractivity contribution < 1.29 is 9.90 Å².